The van der Waals surface area contributed by atoms with Crippen molar-refractivity contribution in [2.24, 2.45) is 0 Å². The maximum absolute atomic E-state index is 2.77. The third-order valence-electron chi connectivity index (χ3n) is 10.9. The van der Waals surface area contributed by atoms with Gasteiger partial charge < -0.3 is 37.2 Å². The normalized spacial score (nSPS) is 15.3. The van der Waals surface area contributed by atoms with E-state index in [4.69, 9.17) is 0 Å². The molecule has 0 nitrogen and oxygen atoms in total. The van der Waals surface area contributed by atoms with Gasteiger partial charge in [-0.1, -0.05) is 0 Å². The molecule has 0 atom stereocenters. The molecule has 0 amide bonds. The molecule has 0 saturated carbocycles. The van der Waals surface area contributed by atoms with Crippen LogP contribution in [0.2, 0.25) is 62.3 Å². The fourth-order valence-corrected chi connectivity index (χ4v) is 20.4. The second kappa shape index (κ2) is 15.1. The summed E-state index contributed by atoms with van der Waals surface area (Å²) in [7, 11) is -7.21. The summed E-state index contributed by atoms with van der Waals surface area (Å²) in [4.78, 5) is 0. The fraction of sp³-hybridized carbons (Fsp3) is 0.436. The van der Waals surface area contributed by atoms with Crippen LogP contribution in [0.5, 0.6) is 0 Å². The van der Waals surface area contributed by atoms with Crippen molar-refractivity contribution in [2.45, 2.75) is 111 Å². The van der Waals surface area contributed by atoms with E-state index >= 15 is 0 Å². The van der Waals surface area contributed by atoms with E-state index in [0.29, 0.717) is 0 Å². The van der Waals surface area contributed by atoms with Gasteiger partial charge in [-0.2, -0.15) is 0 Å². The maximum atomic E-state index is 2.63. The molecule has 8 heteroatoms. The van der Waals surface area contributed by atoms with Gasteiger partial charge in [0.15, 0.2) is 0 Å². The summed E-state index contributed by atoms with van der Waals surface area (Å²) < 4.78 is -0.0938. The van der Waals surface area contributed by atoms with E-state index in [1.165, 1.54) is 27.8 Å². The molecular formula is C39H57Cl3Si4Ti. The quantitative estimate of drug-likeness (QED) is 0.206. The zero-order chi connectivity index (χ0) is 33.4. The molecule has 0 aromatic heterocycles. The van der Waals surface area contributed by atoms with Gasteiger partial charge >= 0.3 is 288 Å². The average Bonchev–Trinajstić information content (AvgIpc) is 3.05. The summed E-state index contributed by atoms with van der Waals surface area (Å²) in [6.07, 6.45) is 0. The molecule has 0 unspecified atom stereocenters. The van der Waals surface area contributed by atoms with Crippen molar-refractivity contribution in [1.29, 1.82) is 0 Å². The van der Waals surface area contributed by atoms with Crippen molar-refractivity contribution in [1.82, 2.24) is 0 Å². The Bertz CT molecular complexity index is 1520. The Balaban J connectivity index is 0.00000368. The van der Waals surface area contributed by atoms with Crippen LogP contribution in [-0.4, -0.2) is 32.3 Å². The van der Waals surface area contributed by atoms with E-state index in [2.05, 4.69) is 182 Å². The summed E-state index contributed by atoms with van der Waals surface area (Å²) in [5.74, 6) is 0. The van der Waals surface area contributed by atoms with Gasteiger partial charge in [-0.05, 0) is 0 Å². The largest absolute Gasteiger partial charge is 1.00 e. The van der Waals surface area contributed by atoms with E-state index < -0.39 is 32.3 Å². The van der Waals surface area contributed by atoms with Crippen molar-refractivity contribution in [3.05, 3.63) is 93.6 Å². The second-order valence-electron chi connectivity index (χ2n) is 16.8. The Morgan fingerprint density at radius 2 is 0.660 bits per heavy atom. The van der Waals surface area contributed by atoms with Crippen LogP contribution in [0.4, 0.5) is 0 Å². The van der Waals surface area contributed by atoms with Crippen LogP contribution < -0.4 is 68.3 Å². The van der Waals surface area contributed by atoms with Crippen molar-refractivity contribution < 1.29 is 57.7 Å². The zero-order valence-electron chi connectivity index (χ0n) is 31.8. The Morgan fingerprint density at radius 1 is 0.426 bits per heavy atom. The van der Waals surface area contributed by atoms with Crippen molar-refractivity contribution in [2.75, 3.05) is 0 Å². The van der Waals surface area contributed by atoms with Crippen LogP contribution in [0, 0.1) is 20.8 Å². The Labute approximate surface area is 322 Å². The first-order chi connectivity index (χ1) is 20.0. The molecule has 0 spiro atoms. The van der Waals surface area contributed by atoms with Gasteiger partial charge in [0.2, 0.25) is 0 Å². The molecule has 4 rings (SSSR count). The van der Waals surface area contributed by atoms with Crippen LogP contribution in [0.25, 0.3) is 0 Å². The Kier molecular flexibility index (Phi) is 14.3. The maximum Gasteiger partial charge on any atom is -1.00 e. The molecule has 0 N–H and O–H groups in total. The smallest absolute Gasteiger partial charge is 1.00 e. The molecule has 3 aromatic carbocycles. The minimum atomic E-state index is -2.77. The SMILES string of the molecule is CC1=C(C)[C]([Ti+3])([Si](c2ccc([Si](C)(C)C)cc2C)(c2ccc([Si](C)(C)C)cc2C)c2ccc([Si](C)(C)C)cc2C)C(C)=C1C.[Cl-].[Cl-].[Cl-]. The van der Waals surface area contributed by atoms with E-state index in [1.54, 1.807) is 42.3 Å². The molecule has 0 saturated heterocycles. The summed E-state index contributed by atoms with van der Waals surface area (Å²) >= 11 is 2.63. The van der Waals surface area contributed by atoms with Gasteiger partial charge in [0.05, 0.1) is 0 Å². The number of benzene rings is 3. The first-order valence-corrected chi connectivity index (χ1v) is 29.7. The van der Waals surface area contributed by atoms with E-state index in [0.717, 1.165) is 0 Å². The third kappa shape index (κ3) is 7.48. The first-order valence-electron chi connectivity index (χ1n) is 16.5. The summed E-state index contributed by atoms with van der Waals surface area (Å²) in [6, 6.07) is 23.1. The van der Waals surface area contributed by atoms with Gasteiger partial charge in [-0.15, -0.1) is 0 Å². The molecule has 0 radical (unpaired) electrons. The molecule has 3 aromatic rings. The van der Waals surface area contributed by atoms with Crippen LogP contribution >= 0.6 is 0 Å². The monoisotopic (exact) mass is 790 g/mol. The van der Waals surface area contributed by atoms with E-state index in [-0.39, 0.29) is 40.6 Å². The van der Waals surface area contributed by atoms with Crippen LogP contribution in [0.1, 0.15) is 44.4 Å². The molecule has 254 valence electrons. The van der Waals surface area contributed by atoms with Crippen molar-refractivity contribution in [3.8, 4) is 0 Å². The van der Waals surface area contributed by atoms with Gasteiger partial charge in [0.25, 0.3) is 0 Å². The molecule has 0 heterocycles. The topological polar surface area (TPSA) is 0 Å². The molecular weight excluding hydrogens is 735 g/mol. The van der Waals surface area contributed by atoms with Crippen LogP contribution in [-0.2, 0) is 20.4 Å². The Morgan fingerprint density at radius 3 is 0.851 bits per heavy atom. The molecule has 1 aliphatic rings. The minimum absolute atomic E-state index is 0. The molecule has 1 aliphatic carbocycles. The van der Waals surface area contributed by atoms with Gasteiger partial charge in [-0.25, -0.2) is 0 Å². The summed E-state index contributed by atoms with van der Waals surface area (Å²) in [5.41, 5.74) is 10.5. The zero-order valence-corrected chi connectivity index (χ0v) is 39.7. The number of hydrogen-bond donors (Lipinski definition) is 0. The molecule has 0 aliphatic heterocycles. The number of aryl methyl sites for hydroxylation is 3. The van der Waals surface area contributed by atoms with Crippen LogP contribution in [0.15, 0.2) is 76.9 Å². The van der Waals surface area contributed by atoms with Crippen LogP contribution in [0.3, 0.4) is 0 Å². The van der Waals surface area contributed by atoms with Crippen molar-refractivity contribution in [3.63, 3.8) is 0 Å². The standard InChI is InChI=1S/C39H57Si4.3ClH.Ti/c1-26-23-33(40(8,9)10)17-20-36(26)43(39-31(6)29(4)30(5)32(39)7,37-21-18-34(24-27(37)2)41(11,12)13)38-22-19-35(25-28(38)3)42(14,15)16;;;;/h17-25H,1-16H3;3*1H;/q;;;;+3/p-3. The number of rotatable bonds is 7. The summed E-state index contributed by atoms with van der Waals surface area (Å²) in [6.45, 7) is 39.3. The second-order valence-corrected chi connectivity index (χ2v) is 37.9. The predicted octanol–water partition coefficient (Wildman–Crippen LogP) is -1.34. The van der Waals surface area contributed by atoms with Crippen molar-refractivity contribution >= 4 is 63.4 Å². The van der Waals surface area contributed by atoms with E-state index in [9.17, 15) is 0 Å². The van der Waals surface area contributed by atoms with Gasteiger partial charge in [-0.3, -0.25) is 0 Å². The Hall–Kier alpha value is -0.408. The summed E-state index contributed by atoms with van der Waals surface area (Å²) in [5, 5.41) is 9.45. The van der Waals surface area contributed by atoms with Gasteiger partial charge in [0, 0.05) is 0 Å². The first kappa shape index (κ1) is 44.6. The molecule has 47 heavy (non-hydrogen) atoms. The minimum Gasteiger partial charge on any atom is -1.00 e. The fourth-order valence-electron chi connectivity index (χ4n) is 7.66. The molecule has 0 bridgehead atoms. The van der Waals surface area contributed by atoms with Gasteiger partial charge in [0.1, 0.15) is 0 Å². The predicted molar refractivity (Wildman–Crippen MR) is 207 cm³/mol. The number of allylic oxidation sites excluding steroid dienone is 4. The number of halogens is 3. The van der Waals surface area contributed by atoms with E-state index in [1.807, 2.05) is 0 Å². The molecule has 0 fully saturated rings. The number of hydrogen-bond acceptors (Lipinski definition) is 0. The average molecular weight is 792 g/mol. The third-order valence-corrected chi connectivity index (χ3v) is 25.9.